The molecule has 1 N–H and O–H groups in total. The molecule has 0 aromatic rings. The first-order valence-corrected chi connectivity index (χ1v) is 6.05. The van der Waals surface area contributed by atoms with E-state index >= 15 is 0 Å². The van der Waals surface area contributed by atoms with E-state index in [-0.39, 0.29) is 16.8 Å². The number of rotatable bonds is 2. The Kier molecular flexibility index (Phi) is 4.38. The number of hydrogen-bond acceptors (Lipinski definition) is 2. The number of piperidine rings is 1. The van der Waals surface area contributed by atoms with Gasteiger partial charge in [-0.1, -0.05) is 29.8 Å². The van der Waals surface area contributed by atoms with Crippen LogP contribution in [0.3, 0.4) is 0 Å². The zero-order valence-corrected chi connectivity index (χ0v) is 10.3. The van der Waals surface area contributed by atoms with E-state index in [1.54, 1.807) is 4.90 Å². The highest BCUT2D eigenvalue weighted by atomic mass is 79.9. The van der Waals surface area contributed by atoms with Gasteiger partial charge in [-0.05, 0) is 18.8 Å². The molecule has 0 aromatic heterocycles. The summed E-state index contributed by atoms with van der Waals surface area (Å²) in [6.07, 6.45) is 1.39. The molecule has 1 aliphatic rings. The highest BCUT2D eigenvalue weighted by Gasteiger charge is 2.28. The Morgan fingerprint density at radius 3 is 2.71 bits per heavy atom. The minimum Gasteiger partial charge on any atom is -0.391 e. The standard InChI is InChI=1S/C10H18BrNO2/c1-7(2)9(11)10(14)12-5-3-4-8(13)6-12/h7-9,13H,3-6H2,1-2H3. The van der Waals surface area contributed by atoms with Gasteiger partial charge in [0.05, 0.1) is 10.9 Å². The van der Waals surface area contributed by atoms with Crippen molar-refractivity contribution in [2.24, 2.45) is 5.92 Å². The normalized spacial score (nSPS) is 25.2. The van der Waals surface area contributed by atoms with Gasteiger partial charge in [-0.25, -0.2) is 0 Å². The maximum atomic E-state index is 11.9. The van der Waals surface area contributed by atoms with Gasteiger partial charge >= 0.3 is 0 Å². The minimum absolute atomic E-state index is 0.110. The van der Waals surface area contributed by atoms with E-state index in [4.69, 9.17) is 0 Å². The van der Waals surface area contributed by atoms with E-state index in [2.05, 4.69) is 15.9 Å². The number of carbonyl (C=O) groups is 1. The number of nitrogens with zero attached hydrogens (tertiary/aromatic N) is 1. The van der Waals surface area contributed by atoms with Crippen LogP contribution in [0, 0.1) is 5.92 Å². The average molecular weight is 264 g/mol. The largest absolute Gasteiger partial charge is 0.391 e. The van der Waals surface area contributed by atoms with E-state index in [1.807, 2.05) is 13.8 Å². The molecule has 0 radical (unpaired) electrons. The number of amides is 1. The third kappa shape index (κ3) is 2.95. The highest BCUT2D eigenvalue weighted by molar-refractivity contribution is 9.10. The van der Waals surface area contributed by atoms with E-state index in [1.165, 1.54) is 0 Å². The van der Waals surface area contributed by atoms with Gasteiger partial charge in [-0.15, -0.1) is 0 Å². The summed E-state index contributed by atoms with van der Waals surface area (Å²) in [4.78, 5) is 13.5. The first-order valence-electron chi connectivity index (χ1n) is 5.13. The molecular formula is C10H18BrNO2. The van der Waals surface area contributed by atoms with Crippen molar-refractivity contribution >= 4 is 21.8 Å². The maximum absolute atomic E-state index is 11.9. The van der Waals surface area contributed by atoms with Gasteiger partial charge in [-0.3, -0.25) is 4.79 Å². The van der Waals surface area contributed by atoms with Gasteiger partial charge in [0.25, 0.3) is 0 Å². The van der Waals surface area contributed by atoms with Gasteiger partial charge in [0.1, 0.15) is 0 Å². The molecule has 1 heterocycles. The number of carbonyl (C=O) groups excluding carboxylic acids is 1. The Labute approximate surface area is 93.6 Å². The molecule has 1 aliphatic heterocycles. The van der Waals surface area contributed by atoms with Gasteiger partial charge < -0.3 is 10.0 Å². The smallest absolute Gasteiger partial charge is 0.236 e. The lowest BCUT2D eigenvalue weighted by Crippen LogP contribution is -2.46. The summed E-state index contributed by atoms with van der Waals surface area (Å²) < 4.78 is 0. The summed E-state index contributed by atoms with van der Waals surface area (Å²) in [6.45, 7) is 5.30. The fourth-order valence-electron chi connectivity index (χ4n) is 1.61. The molecule has 1 rings (SSSR count). The minimum atomic E-state index is -0.334. The quantitative estimate of drug-likeness (QED) is 0.766. The van der Waals surface area contributed by atoms with E-state index < -0.39 is 0 Å². The summed E-state index contributed by atoms with van der Waals surface area (Å²) in [6, 6.07) is 0. The molecule has 0 spiro atoms. The number of β-amino-alcohol motifs (C(OH)–C–C–N with tert-alkyl or cyclic N) is 1. The van der Waals surface area contributed by atoms with Gasteiger partial charge in [-0.2, -0.15) is 0 Å². The van der Waals surface area contributed by atoms with Crippen LogP contribution in [0.25, 0.3) is 0 Å². The zero-order valence-electron chi connectivity index (χ0n) is 8.74. The molecule has 2 atom stereocenters. The summed E-state index contributed by atoms with van der Waals surface area (Å²) >= 11 is 3.39. The fourth-order valence-corrected chi connectivity index (χ4v) is 1.90. The van der Waals surface area contributed by atoms with Crippen LogP contribution in [0.1, 0.15) is 26.7 Å². The molecule has 0 bridgehead atoms. The molecule has 0 saturated carbocycles. The Morgan fingerprint density at radius 1 is 1.57 bits per heavy atom. The molecule has 0 aliphatic carbocycles. The molecule has 14 heavy (non-hydrogen) atoms. The van der Waals surface area contributed by atoms with Crippen LogP contribution in [0.4, 0.5) is 0 Å². The Morgan fingerprint density at radius 2 is 2.21 bits per heavy atom. The topological polar surface area (TPSA) is 40.5 Å². The van der Waals surface area contributed by atoms with Crippen LogP contribution in [-0.2, 0) is 4.79 Å². The first-order chi connectivity index (χ1) is 6.52. The predicted octanol–water partition coefficient (Wildman–Crippen LogP) is 1.39. The van der Waals surface area contributed by atoms with Crippen LogP contribution in [-0.4, -0.2) is 39.9 Å². The lowest BCUT2D eigenvalue weighted by atomic mass is 10.1. The molecule has 1 amide bonds. The zero-order chi connectivity index (χ0) is 10.7. The molecule has 0 aromatic carbocycles. The summed E-state index contributed by atoms with van der Waals surface area (Å²) in [5, 5.41) is 9.44. The molecule has 2 unspecified atom stereocenters. The van der Waals surface area contributed by atoms with Crippen molar-refractivity contribution in [3.8, 4) is 0 Å². The highest BCUT2D eigenvalue weighted by Crippen LogP contribution is 2.18. The van der Waals surface area contributed by atoms with E-state index in [0.717, 1.165) is 19.4 Å². The second-order valence-electron chi connectivity index (χ2n) is 4.23. The third-order valence-electron chi connectivity index (χ3n) is 2.53. The van der Waals surface area contributed by atoms with Crippen molar-refractivity contribution < 1.29 is 9.90 Å². The van der Waals surface area contributed by atoms with Gasteiger partial charge in [0.15, 0.2) is 0 Å². The first kappa shape index (κ1) is 12.0. The number of likely N-dealkylation sites (tertiary alicyclic amines) is 1. The molecule has 1 saturated heterocycles. The van der Waals surface area contributed by atoms with Gasteiger partial charge in [0, 0.05) is 13.1 Å². The fraction of sp³-hybridized carbons (Fsp3) is 0.900. The Bertz CT molecular complexity index is 208. The molecule has 1 fully saturated rings. The number of aliphatic hydroxyl groups is 1. The summed E-state index contributed by atoms with van der Waals surface area (Å²) in [7, 11) is 0. The Balaban J connectivity index is 2.51. The SMILES string of the molecule is CC(C)C(Br)C(=O)N1CCCC(O)C1. The second-order valence-corrected chi connectivity index (χ2v) is 5.21. The molecule has 82 valence electrons. The maximum Gasteiger partial charge on any atom is 0.236 e. The Hall–Kier alpha value is -0.0900. The van der Waals surface area contributed by atoms with Crippen molar-refractivity contribution in [3.63, 3.8) is 0 Å². The van der Waals surface area contributed by atoms with Crippen LogP contribution < -0.4 is 0 Å². The number of aliphatic hydroxyl groups excluding tert-OH is 1. The summed E-state index contributed by atoms with van der Waals surface area (Å²) in [5.74, 6) is 0.403. The van der Waals surface area contributed by atoms with Crippen molar-refractivity contribution in [2.45, 2.75) is 37.6 Å². The predicted molar refractivity (Wildman–Crippen MR) is 59.4 cm³/mol. The summed E-state index contributed by atoms with van der Waals surface area (Å²) in [5.41, 5.74) is 0. The number of hydrogen-bond donors (Lipinski definition) is 1. The van der Waals surface area contributed by atoms with Crippen molar-refractivity contribution in [3.05, 3.63) is 0 Å². The van der Waals surface area contributed by atoms with Crippen molar-refractivity contribution in [1.82, 2.24) is 4.90 Å². The van der Waals surface area contributed by atoms with Crippen molar-refractivity contribution in [1.29, 1.82) is 0 Å². The lowest BCUT2D eigenvalue weighted by Gasteiger charge is -2.32. The van der Waals surface area contributed by atoms with Crippen LogP contribution >= 0.6 is 15.9 Å². The van der Waals surface area contributed by atoms with Crippen LogP contribution in [0.15, 0.2) is 0 Å². The third-order valence-corrected chi connectivity index (χ3v) is 3.98. The van der Waals surface area contributed by atoms with E-state index in [0.29, 0.717) is 12.5 Å². The monoisotopic (exact) mass is 263 g/mol. The lowest BCUT2D eigenvalue weighted by molar-refractivity contribution is -0.134. The molecule has 4 heteroatoms. The molecule has 3 nitrogen and oxygen atoms in total. The number of alkyl halides is 1. The second kappa shape index (κ2) is 5.12. The molecular weight excluding hydrogens is 246 g/mol. The van der Waals surface area contributed by atoms with Gasteiger partial charge in [0.2, 0.25) is 5.91 Å². The van der Waals surface area contributed by atoms with Crippen LogP contribution in [0.2, 0.25) is 0 Å². The average Bonchev–Trinajstić information content (AvgIpc) is 2.15. The van der Waals surface area contributed by atoms with E-state index in [9.17, 15) is 9.90 Å². The number of halogens is 1. The van der Waals surface area contributed by atoms with Crippen LogP contribution in [0.5, 0.6) is 0 Å². The van der Waals surface area contributed by atoms with Crippen molar-refractivity contribution in [2.75, 3.05) is 13.1 Å².